The van der Waals surface area contributed by atoms with Crippen molar-refractivity contribution in [2.24, 2.45) is 17.3 Å². The summed E-state index contributed by atoms with van der Waals surface area (Å²) in [6.07, 6.45) is 1.36. The molecule has 0 spiro atoms. The van der Waals surface area contributed by atoms with Crippen LogP contribution < -0.4 is 5.32 Å². The lowest BCUT2D eigenvalue weighted by Crippen LogP contribution is -2.41. The minimum absolute atomic E-state index is 0.000833. The van der Waals surface area contributed by atoms with Gasteiger partial charge in [-0.15, -0.1) is 0 Å². The maximum absolute atomic E-state index is 12.0. The highest BCUT2D eigenvalue weighted by Crippen LogP contribution is 2.61. The lowest BCUT2D eigenvalue weighted by atomic mass is 10.1. The number of carbonyl (C=O) groups is 2. The van der Waals surface area contributed by atoms with Crippen molar-refractivity contribution < 1.29 is 14.3 Å². The number of likely N-dealkylation sites (tertiary alicyclic amines) is 1. The van der Waals surface area contributed by atoms with Crippen LogP contribution in [0.15, 0.2) is 0 Å². The van der Waals surface area contributed by atoms with Crippen LogP contribution in [0.3, 0.4) is 0 Å². The number of carbonyl (C=O) groups excluding carboxylic acids is 2. The zero-order chi connectivity index (χ0) is 13.8. The van der Waals surface area contributed by atoms with Gasteiger partial charge in [-0.25, -0.2) is 4.79 Å². The van der Waals surface area contributed by atoms with Crippen LogP contribution in [0.1, 0.15) is 33.6 Å². The molecular weight excluding hydrogens is 244 g/mol. The summed E-state index contributed by atoms with van der Waals surface area (Å²) in [5, 5.41) is 2.55. The van der Waals surface area contributed by atoms with E-state index in [4.69, 9.17) is 4.74 Å². The molecule has 3 aliphatic rings. The summed E-state index contributed by atoms with van der Waals surface area (Å²) >= 11 is 0. The molecule has 3 fully saturated rings. The molecule has 0 bridgehead atoms. The molecule has 1 aliphatic heterocycles. The number of amides is 2. The van der Waals surface area contributed by atoms with Crippen LogP contribution in [0.25, 0.3) is 0 Å². The van der Waals surface area contributed by atoms with Crippen molar-refractivity contribution in [2.45, 2.75) is 39.2 Å². The Balaban J connectivity index is 1.39. The highest BCUT2D eigenvalue weighted by Gasteiger charge is 2.62. The predicted molar refractivity (Wildman–Crippen MR) is 69.5 cm³/mol. The largest absolute Gasteiger partial charge is 0.443 e. The second kappa shape index (κ2) is 3.87. The molecule has 2 unspecified atom stereocenters. The van der Waals surface area contributed by atoms with Gasteiger partial charge in [0.05, 0.1) is 0 Å². The summed E-state index contributed by atoms with van der Waals surface area (Å²) in [5.74, 6) is 1.29. The van der Waals surface area contributed by atoms with Crippen molar-refractivity contribution in [3.05, 3.63) is 0 Å². The van der Waals surface area contributed by atoms with Gasteiger partial charge in [-0.3, -0.25) is 4.79 Å². The van der Waals surface area contributed by atoms with Gasteiger partial charge in [-0.05, 0) is 37.0 Å². The third-order valence-electron chi connectivity index (χ3n) is 5.15. The molecule has 2 aliphatic carbocycles. The second-order valence-corrected chi connectivity index (χ2v) is 7.03. The van der Waals surface area contributed by atoms with E-state index in [1.165, 1.54) is 0 Å². The maximum atomic E-state index is 12.0. The van der Waals surface area contributed by atoms with Crippen LogP contribution in [-0.2, 0) is 9.53 Å². The van der Waals surface area contributed by atoms with Gasteiger partial charge >= 0.3 is 6.09 Å². The molecule has 1 N–H and O–H groups in total. The first kappa shape index (κ1) is 12.8. The Kier molecular flexibility index (Phi) is 2.60. The van der Waals surface area contributed by atoms with Crippen molar-refractivity contribution >= 4 is 12.0 Å². The summed E-state index contributed by atoms with van der Waals surface area (Å²) in [6.45, 7) is 8.15. The molecule has 5 nitrogen and oxygen atoms in total. The number of piperidine rings is 1. The normalized spacial score (nSPS) is 32.5. The molecular formula is C14H22N2O3. The highest BCUT2D eigenvalue weighted by atomic mass is 16.6. The predicted octanol–water partition coefficient (Wildman–Crippen LogP) is 1.38. The average molecular weight is 266 g/mol. The third-order valence-corrected chi connectivity index (χ3v) is 5.15. The van der Waals surface area contributed by atoms with E-state index in [0.717, 1.165) is 25.9 Å². The maximum Gasteiger partial charge on any atom is 0.408 e. The number of nitrogens with zero attached hydrogens (tertiary/aromatic N) is 1. The first-order valence-corrected chi connectivity index (χ1v) is 7.06. The molecule has 19 heavy (non-hydrogen) atoms. The van der Waals surface area contributed by atoms with Crippen LogP contribution in [0.5, 0.6) is 0 Å². The van der Waals surface area contributed by atoms with Gasteiger partial charge < -0.3 is 15.0 Å². The fourth-order valence-electron chi connectivity index (χ4n) is 3.13. The van der Waals surface area contributed by atoms with Gasteiger partial charge in [0.15, 0.2) is 0 Å². The van der Waals surface area contributed by atoms with E-state index >= 15 is 0 Å². The molecule has 0 radical (unpaired) electrons. The van der Waals surface area contributed by atoms with Crippen molar-refractivity contribution in [3.63, 3.8) is 0 Å². The number of nitrogens with one attached hydrogen (secondary N) is 1. The first-order chi connectivity index (χ1) is 8.82. The Morgan fingerprint density at radius 2 is 1.79 bits per heavy atom. The lowest BCUT2D eigenvalue weighted by molar-refractivity contribution is -0.130. The van der Waals surface area contributed by atoms with Crippen molar-refractivity contribution in [1.29, 1.82) is 0 Å². The molecule has 5 heteroatoms. The second-order valence-electron chi connectivity index (χ2n) is 7.03. The van der Waals surface area contributed by atoms with Crippen LogP contribution >= 0.6 is 0 Å². The van der Waals surface area contributed by atoms with E-state index in [-0.39, 0.29) is 18.1 Å². The highest BCUT2D eigenvalue weighted by molar-refractivity contribution is 5.82. The van der Waals surface area contributed by atoms with Gasteiger partial charge in [0.2, 0.25) is 5.91 Å². The minimum Gasteiger partial charge on any atom is -0.443 e. The summed E-state index contributed by atoms with van der Waals surface area (Å²) in [6, 6.07) is 0. The fraction of sp³-hybridized carbons (Fsp3) is 0.857. The molecule has 1 heterocycles. The lowest BCUT2D eigenvalue weighted by Gasteiger charge is -2.22. The molecule has 2 amide bonds. The Morgan fingerprint density at radius 3 is 2.32 bits per heavy atom. The zero-order valence-electron chi connectivity index (χ0n) is 11.9. The van der Waals surface area contributed by atoms with Crippen molar-refractivity contribution in [3.8, 4) is 0 Å². The number of hydrogen-bond acceptors (Lipinski definition) is 3. The van der Waals surface area contributed by atoms with Crippen LogP contribution in [-0.4, -0.2) is 42.1 Å². The van der Waals surface area contributed by atoms with E-state index in [9.17, 15) is 9.59 Å². The minimum atomic E-state index is -0.474. The van der Waals surface area contributed by atoms with E-state index in [1.807, 2.05) is 11.8 Å². The Labute approximate surface area is 113 Å². The van der Waals surface area contributed by atoms with Crippen LogP contribution in [0, 0.1) is 17.3 Å². The molecule has 2 saturated carbocycles. The number of hydrogen-bond donors (Lipinski definition) is 1. The molecule has 0 aromatic carbocycles. The van der Waals surface area contributed by atoms with E-state index in [0.29, 0.717) is 17.3 Å². The molecule has 0 aromatic rings. The zero-order valence-corrected chi connectivity index (χ0v) is 11.9. The van der Waals surface area contributed by atoms with Crippen molar-refractivity contribution in [2.75, 3.05) is 19.6 Å². The molecule has 3 rings (SSSR count). The van der Waals surface area contributed by atoms with Crippen molar-refractivity contribution in [1.82, 2.24) is 10.2 Å². The molecule has 1 saturated heterocycles. The molecule has 0 aromatic heterocycles. The monoisotopic (exact) mass is 266 g/mol. The molecule has 2 atom stereocenters. The van der Waals surface area contributed by atoms with Gasteiger partial charge in [-0.1, -0.05) is 13.8 Å². The SMILES string of the molecule is CC1(OC(=O)NCC(=O)N2CC3C(C2)C3(C)C)CC1. The Bertz CT molecular complexity index is 414. The average Bonchev–Trinajstić information content (AvgIpc) is 3.07. The third kappa shape index (κ3) is 2.30. The van der Waals surface area contributed by atoms with E-state index in [2.05, 4.69) is 19.2 Å². The van der Waals surface area contributed by atoms with Gasteiger partial charge in [-0.2, -0.15) is 0 Å². The van der Waals surface area contributed by atoms with Crippen LogP contribution in [0.4, 0.5) is 4.79 Å². The molecule has 106 valence electrons. The summed E-state index contributed by atoms with van der Waals surface area (Å²) < 4.78 is 5.20. The fourth-order valence-corrected chi connectivity index (χ4v) is 3.13. The number of fused-ring (bicyclic) bond motifs is 1. The summed E-state index contributed by atoms with van der Waals surface area (Å²) in [4.78, 5) is 25.3. The smallest absolute Gasteiger partial charge is 0.408 e. The number of ether oxygens (including phenoxy) is 1. The van der Waals surface area contributed by atoms with Gasteiger partial charge in [0.25, 0.3) is 0 Å². The summed E-state index contributed by atoms with van der Waals surface area (Å²) in [5.41, 5.74) is 0.121. The van der Waals surface area contributed by atoms with Gasteiger partial charge in [0.1, 0.15) is 12.1 Å². The quantitative estimate of drug-likeness (QED) is 0.839. The number of alkyl carbamates (subject to hydrolysis) is 1. The van der Waals surface area contributed by atoms with Crippen LogP contribution in [0.2, 0.25) is 0 Å². The van der Waals surface area contributed by atoms with Gasteiger partial charge in [0, 0.05) is 13.1 Å². The Hall–Kier alpha value is -1.26. The Morgan fingerprint density at radius 1 is 1.21 bits per heavy atom. The first-order valence-electron chi connectivity index (χ1n) is 7.06. The van der Waals surface area contributed by atoms with E-state index < -0.39 is 6.09 Å². The van der Waals surface area contributed by atoms with E-state index in [1.54, 1.807) is 0 Å². The number of rotatable bonds is 3. The standard InChI is InChI=1S/C14H22N2O3/c1-13(2)9-7-16(8-10(9)13)11(17)6-15-12(18)19-14(3)4-5-14/h9-10H,4-8H2,1-3H3,(H,15,18). The topological polar surface area (TPSA) is 58.6 Å². The summed E-state index contributed by atoms with van der Waals surface area (Å²) in [7, 11) is 0.